The molecule has 1 aliphatic rings. The average Bonchev–Trinajstić information content (AvgIpc) is 3.10. The lowest BCUT2D eigenvalue weighted by Gasteiger charge is -2.33. The summed E-state index contributed by atoms with van der Waals surface area (Å²) >= 11 is 3.25. The number of β-amino-alcohol motifs (C(OH)–C–C–N with tert-alkyl or cyclic N) is 1. The monoisotopic (exact) mass is 356 g/mol. The van der Waals surface area contributed by atoms with Crippen molar-refractivity contribution in [3.8, 4) is 11.7 Å². The third-order valence-corrected chi connectivity index (χ3v) is 3.92. The van der Waals surface area contributed by atoms with E-state index < -0.39 is 0 Å². The highest BCUT2D eigenvalue weighted by molar-refractivity contribution is 9.10. The van der Waals surface area contributed by atoms with Crippen LogP contribution in [0, 0.1) is 0 Å². The molecule has 2 aromatic rings. The zero-order valence-corrected chi connectivity index (χ0v) is 13.1. The molecule has 7 nitrogen and oxygen atoms in total. The van der Waals surface area contributed by atoms with Crippen LogP contribution in [0.15, 0.2) is 25.6 Å². The molecule has 0 saturated carbocycles. The molecule has 21 heavy (non-hydrogen) atoms. The molecule has 3 heterocycles. The van der Waals surface area contributed by atoms with Crippen molar-refractivity contribution in [1.82, 2.24) is 20.0 Å². The van der Waals surface area contributed by atoms with E-state index in [9.17, 15) is 0 Å². The zero-order chi connectivity index (χ0) is 14.7. The molecule has 0 aliphatic carbocycles. The van der Waals surface area contributed by atoms with Crippen LogP contribution < -0.4 is 0 Å². The number of furan rings is 1. The van der Waals surface area contributed by atoms with Crippen molar-refractivity contribution in [2.45, 2.75) is 6.54 Å². The minimum atomic E-state index is 0.214. The molecule has 1 saturated heterocycles. The van der Waals surface area contributed by atoms with Gasteiger partial charge in [-0.05, 0) is 28.1 Å². The smallest absolute Gasteiger partial charge is 0.283 e. The summed E-state index contributed by atoms with van der Waals surface area (Å²) in [6, 6.07) is 3.58. The molecule has 1 fully saturated rings. The fourth-order valence-electron chi connectivity index (χ4n) is 2.35. The lowest BCUT2D eigenvalue weighted by atomic mass is 10.3. The van der Waals surface area contributed by atoms with E-state index in [1.165, 1.54) is 0 Å². The molecule has 0 unspecified atom stereocenters. The number of hydrogen-bond acceptors (Lipinski definition) is 7. The third-order valence-electron chi connectivity index (χ3n) is 3.49. The van der Waals surface area contributed by atoms with Gasteiger partial charge in [-0.3, -0.25) is 9.80 Å². The van der Waals surface area contributed by atoms with Gasteiger partial charge in [-0.2, -0.15) is 0 Å². The SMILES string of the molecule is OCCN1CCN(Cc2nnc(-c3ccc(Br)o3)o2)CC1. The van der Waals surface area contributed by atoms with Gasteiger partial charge in [0.25, 0.3) is 5.89 Å². The Hall–Kier alpha value is -1.22. The molecule has 0 aromatic carbocycles. The Morgan fingerprint density at radius 2 is 1.86 bits per heavy atom. The van der Waals surface area contributed by atoms with Gasteiger partial charge in [0.1, 0.15) is 0 Å². The zero-order valence-electron chi connectivity index (χ0n) is 11.5. The van der Waals surface area contributed by atoms with Crippen molar-refractivity contribution >= 4 is 15.9 Å². The molecule has 0 spiro atoms. The largest absolute Gasteiger partial charge is 0.444 e. The normalized spacial score (nSPS) is 17.4. The van der Waals surface area contributed by atoms with Crippen LogP contribution in [0.2, 0.25) is 0 Å². The summed E-state index contributed by atoms with van der Waals surface area (Å²) in [6.07, 6.45) is 0. The highest BCUT2D eigenvalue weighted by Gasteiger charge is 2.19. The number of aromatic nitrogens is 2. The number of aliphatic hydroxyl groups excluding tert-OH is 1. The van der Waals surface area contributed by atoms with Gasteiger partial charge in [-0.15, -0.1) is 10.2 Å². The van der Waals surface area contributed by atoms with Gasteiger partial charge in [0, 0.05) is 32.7 Å². The molecule has 2 aromatic heterocycles. The lowest BCUT2D eigenvalue weighted by molar-refractivity contribution is 0.103. The molecule has 0 bridgehead atoms. The van der Waals surface area contributed by atoms with Crippen LogP contribution in [0.4, 0.5) is 0 Å². The van der Waals surface area contributed by atoms with Crippen LogP contribution in [0.1, 0.15) is 5.89 Å². The van der Waals surface area contributed by atoms with Gasteiger partial charge >= 0.3 is 0 Å². The molecule has 3 rings (SSSR count). The van der Waals surface area contributed by atoms with Crippen LogP contribution in [-0.4, -0.2) is 64.4 Å². The minimum Gasteiger partial charge on any atom is -0.444 e. The number of rotatable bonds is 5. The standard InChI is InChI=1S/C13H17BrN4O3/c14-11-2-1-10(20-11)13-16-15-12(21-13)9-18-5-3-17(4-6-18)7-8-19/h1-2,19H,3-9H2. The van der Waals surface area contributed by atoms with Crippen molar-refractivity contribution in [2.24, 2.45) is 0 Å². The van der Waals surface area contributed by atoms with Crippen LogP contribution in [0.5, 0.6) is 0 Å². The van der Waals surface area contributed by atoms with Gasteiger partial charge in [-0.25, -0.2) is 0 Å². The topological polar surface area (TPSA) is 78.8 Å². The Morgan fingerprint density at radius 1 is 1.10 bits per heavy atom. The lowest BCUT2D eigenvalue weighted by Crippen LogP contribution is -2.46. The van der Waals surface area contributed by atoms with Crippen LogP contribution in [0.3, 0.4) is 0 Å². The highest BCUT2D eigenvalue weighted by Crippen LogP contribution is 2.24. The maximum absolute atomic E-state index is 8.93. The van der Waals surface area contributed by atoms with Crippen molar-refractivity contribution < 1.29 is 13.9 Å². The maximum Gasteiger partial charge on any atom is 0.283 e. The summed E-state index contributed by atoms with van der Waals surface area (Å²) in [6.45, 7) is 5.37. The predicted octanol–water partition coefficient (Wildman–Crippen LogP) is 1.20. The van der Waals surface area contributed by atoms with E-state index in [4.69, 9.17) is 13.9 Å². The summed E-state index contributed by atoms with van der Waals surface area (Å²) < 4.78 is 11.7. The first-order chi connectivity index (χ1) is 10.2. The molecule has 0 amide bonds. The molecular weight excluding hydrogens is 340 g/mol. The number of nitrogens with zero attached hydrogens (tertiary/aromatic N) is 4. The van der Waals surface area contributed by atoms with Gasteiger partial charge in [-0.1, -0.05) is 0 Å². The summed E-state index contributed by atoms with van der Waals surface area (Å²) in [7, 11) is 0. The first kappa shape index (κ1) is 14.7. The fraction of sp³-hybridized carbons (Fsp3) is 0.538. The number of aliphatic hydroxyl groups is 1. The van der Waals surface area contributed by atoms with Crippen molar-refractivity contribution in [3.63, 3.8) is 0 Å². The van der Waals surface area contributed by atoms with E-state index in [0.717, 1.165) is 32.7 Å². The summed E-state index contributed by atoms with van der Waals surface area (Å²) in [5.74, 6) is 1.55. The first-order valence-electron chi connectivity index (χ1n) is 6.88. The molecule has 0 atom stereocenters. The van der Waals surface area contributed by atoms with Crippen LogP contribution >= 0.6 is 15.9 Å². The van der Waals surface area contributed by atoms with E-state index in [2.05, 4.69) is 35.9 Å². The van der Waals surface area contributed by atoms with Crippen LogP contribution in [-0.2, 0) is 6.54 Å². The van der Waals surface area contributed by atoms with Crippen molar-refractivity contribution in [1.29, 1.82) is 0 Å². The molecule has 0 radical (unpaired) electrons. The van der Waals surface area contributed by atoms with E-state index in [-0.39, 0.29) is 6.61 Å². The first-order valence-corrected chi connectivity index (χ1v) is 7.67. The summed E-state index contributed by atoms with van der Waals surface area (Å²) in [5, 5.41) is 17.0. The van der Waals surface area contributed by atoms with E-state index >= 15 is 0 Å². The second kappa shape index (κ2) is 6.69. The molecule has 1 N–H and O–H groups in total. The second-order valence-corrected chi connectivity index (χ2v) is 5.73. The molecule has 8 heteroatoms. The molecule has 1 aliphatic heterocycles. The Kier molecular flexibility index (Phi) is 4.69. The number of halogens is 1. The Labute approximate surface area is 130 Å². The maximum atomic E-state index is 8.93. The van der Waals surface area contributed by atoms with E-state index in [1.807, 2.05) is 0 Å². The molecular formula is C13H17BrN4O3. The van der Waals surface area contributed by atoms with Gasteiger partial charge in [0.15, 0.2) is 10.4 Å². The van der Waals surface area contributed by atoms with Gasteiger partial charge in [0.2, 0.25) is 5.89 Å². The quantitative estimate of drug-likeness (QED) is 0.862. The molecule has 114 valence electrons. The second-order valence-electron chi connectivity index (χ2n) is 4.95. The van der Waals surface area contributed by atoms with Crippen LogP contribution in [0.25, 0.3) is 11.7 Å². The minimum absolute atomic E-state index is 0.214. The fourth-order valence-corrected chi connectivity index (χ4v) is 2.66. The number of hydrogen-bond donors (Lipinski definition) is 1. The Balaban J connectivity index is 1.56. The van der Waals surface area contributed by atoms with Gasteiger partial charge < -0.3 is 13.9 Å². The van der Waals surface area contributed by atoms with Crippen molar-refractivity contribution in [3.05, 3.63) is 22.7 Å². The Bertz CT molecular complexity index is 577. The summed E-state index contributed by atoms with van der Waals surface area (Å²) in [4.78, 5) is 4.51. The summed E-state index contributed by atoms with van der Waals surface area (Å²) in [5.41, 5.74) is 0. The van der Waals surface area contributed by atoms with E-state index in [1.54, 1.807) is 12.1 Å². The average molecular weight is 357 g/mol. The highest BCUT2D eigenvalue weighted by atomic mass is 79.9. The van der Waals surface area contributed by atoms with E-state index in [0.29, 0.717) is 28.8 Å². The Morgan fingerprint density at radius 3 is 2.52 bits per heavy atom. The third kappa shape index (κ3) is 3.70. The van der Waals surface area contributed by atoms with Crippen molar-refractivity contribution in [2.75, 3.05) is 39.3 Å². The van der Waals surface area contributed by atoms with Gasteiger partial charge in [0.05, 0.1) is 13.2 Å². The predicted molar refractivity (Wildman–Crippen MR) is 78.5 cm³/mol. The number of piperazine rings is 1.